The van der Waals surface area contributed by atoms with Gasteiger partial charge in [-0.1, -0.05) is 6.92 Å². The fourth-order valence-electron chi connectivity index (χ4n) is 3.84. The molecule has 19 heavy (non-hydrogen) atoms. The molecule has 0 radical (unpaired) electrons. The van der Waals surface area contributed by atoms with Crippen molar-refractivity contribution in [1.29, 1.82) is 0 Å². The molecule has 2 rings (SSSR count). The van der Waals surface area contributed by atoms with Gasteiger partial charge in [-0.3, -0.25) is 0 Å². The van der Waals surface area contributed by atoms with Crippen LogP contribution in [0.1, 0.15) is 58.3 Å². The normalized spacial score (nSPS) is 37.4. The highest BCUT2D eigenvalue weighted by Gasteiger charge is 2.40. The van der Waals surface area contributed by atoms with Crippen molar-refractivity contribution in [2.45, 2.75) is 76.0 Å². The quantitative estimate of drug-likeness (QED) is 0.803. The summed E-state index contributed by atoms with van der Waals surface area (Å²) in [6.45, 7) is 3.32. The Kier molecular flexibility index (Phi) is 5.67. The van der Waals surface area contributed by atoms with Gasteiger partial charge in [0.25, 0.3) is 0 Å². The van der Waals surface area contributed by atoms with Crippen molar-refractivity contribution in [3.8, 4) is 0 Å². The van der Waals surface area contributed by atoms with E-state index in [-0.39, 0.29) is 5.60 Å². The molecule has 1 heterocycles. The van der Waals surface area contributed by atoms with Crippen molar-refractivity contribution >= 4 is 0 Å². The van der Waals surface area contributed by atoms with Crippen LogP contribution in [0.4, 0.5) is 0 Å². The zero-order chi connectivity index (χ0) is 13.7. The third-order valence-electron chi connectivity index (χ3n) is 5.31. The second kappa shape index (κ2) is 7.05. The minimum Gasteiger partial charge on any atom is -0.378 e. The van der Waals surface area contributed by atoms with Crippen LogP contribution in [0.2, 0.25) is 0 Å². The van der Waals surface area contributed by atoms with Crippen LogP contribution in [0.5, 0.6) is 0 Å². The molecule has 3 heteroatoms. The maximum absolute atomic E-state index is 5.99. The second-order valence-corrected chi connectivity index (χ2v) is 6.51. The lowest BCUT2D eigenvalue weighted by Gasteiger charge is -2.44. The lowest BCUT2D eigenvalue weighted by molar-refractivity contribution is -0.0771. The smallest absolute Gasteiger partial charge is 0.0831 e. The third kappa shape index (κ3) is 3.71. The fourth-order valence-corrected chi connectivity index (χ4v) is 3.84. The van der Waals surface area contributed by atoms with Crippen LogP contribution in [0, 0.1) is 5.92 Å². The Morgan fingerprint density at radius 2 is 2.05 bits per heavy atom. The maximum Gasteiger partial charge on any atom is 0.0831 e. The van der Waals surface area contributed by atoms with E-state index in [4.69, 9.17) is 9.47 Å². The molecular formula is C16H31NO2. The highest BCUT2D eigenvalue weighted by Crippen LogP contribution is 2.38. The molecule has 112 valence electrons. The van der Waals surface area contributed by atoms with Gasteiger partial charge in [-0.15, -0.1) is 0 Å². The van der Waals surface area contributed by atoms with E-state index in [0.717, 1.165) is 12.5 Å². The van der Waals surface area contributed by atoms with Crippen LogP contribution >= 0.6 is 0 Å². The molecule has 0 spiro atoms. The summed E-state index contributed by atoms with van der Waals surface area (Å²) in [7, 11) is 3.98. The molecule has 1 aliphatic heterocycles. The highest BCUT2D eigenvalue weighted by molar-refractivity contribution is 4.96. The molecule has 1 aliphatic carbocycles. The standard InChI is InChI=1S/C16H31NO2/c1-13-8-10-16(18-3,11-9-13)15(17-2)7-6-14-5-4-12-19-14/h13-15,17H,4-12H2,1-3H3. The largest absolute Gasteiger partial charge is 0.378 e. The zero-order valence-electron chi connectivity index (χ0n) is 12.9. The first-order valence-electron chi connectivity index (χ1n) is 8.04. The molecule has 1 saturated carbocycles. The van der Waals surface area contributed by atoms with E-state index in [1.165, 1.54) is 51.4 Å². The van der Waals surface area contributed by atoms with Gasteiger partial charge in [0.05, 0.1) is 11.7 Å². The minimum absolute atomic E-state index is 0.0554. The van der Waals surface area contributed by atoms with Crippen molar-refractivity contribution in [1.82, 2.24) is 5.32 Å². The molecule has 2 atom stereocenters. The highest BCUT2D eigenvalue weighted by atomic mass is 16.5. The third-order valence-corrected chi connectivity index (χ3v) is 5.31. The van der Waals surface area contributed by atoms with Crippen molar-refractivity contribution in [3.05, 3.63) is 0 Å². The van der Waals surface area contributed by atoms with Crippen LogP contribution in [-0.2, 0) is 9.47 Å². The summed E-state index contributed by atoms with van der Waals surface area (Å²) in [6.07, 6.45) is 10.3. The lowest BCUT2D eigenvalue weighted by Crippen LogP contribution is -2.53. The van der Waals surface area contributed by atoms with E-state index in [1.54, 1.807) is 0 Å². The summed E-state index contributed by atoms with van der Waals surface area (Å²) < 4.78 is 11.7. The molecule has 2 fully saturated rings. The number of rotatable bonds is 6. The van der Waals surface area contributed by atoms with Crippen LogP contribution in [0.15, 0.2) is 0 Å². The summed E-state index contributed by atoms with van der Waals surface area (Å²) in [6, 6.07) is 0.467. The van der Waals surface area contributed by atoms with E-state index >= 15 is 0 Å². The monoisotopic (exact) mass is 269 g/mol. The first-order valence-corrected chi connectivity index (χ1v) is 8.04. The van der Waals surface area contributed by atoms with Crippen molar-refractivity contribution < 1.29 is 9.47 Å². The summed E-state index contributed by atoms with van der Waals surface area (Å²) >= 11 is 0. The topological polar surface area (TPSA) is 30.5 Å². The predicted octanol–water partition coefficient (Wildman–Crippen LogP) is 3.13. The Balaban J connectivity index is 1.89. The van der Waals surface area contributed by atoms with E-state index in [1.807, 2.05) is 7.11 Å². The summed E-state index contributed by atoms with van der Waals surface area (Å²) in [5.74, 6) is 0.860. The summed E-state index contributed by atoms with van der Waals surface area (Å²) in [5, 5.41) is 3.52. The number of nitrogens with one attached hydrogen (secondary N) is 1. The predicted molar refractivity (Wildman–Crippen MR) is 78.4 cm³/mol. The first-order chi connectivity index (χ1) is 9.20. The molecular weight excluding hydrogens is 238 g/mol. The molecule has 3 nitrogen and oxygen atoms in total. The Hall–Kier alpha value is -0.120. The minimum atomic E-state index is 0.0554. The number of hydrogen-bond donors (Lipinski definition) is 1. The van der Waals surface area contributed by atoms with E-state index in [9.17, 15) is 0 Å². The fraction of sp³-hybridized carbons (Fsp3) is 1.00. The van der Waals surface area contributed by atoms with Gasteiger partial charge in [-0.2, -0.15) is 0 Å². The van der Waals surface area contributed by atoms with Gasteiger partial charge < -0.3 is 14.8 Å². The average Bonchev–Trinajstić information content (AvgIpc) is 2.95. The van der Waals surface area contributed by atoms with Gasteiger partial charge >= 0.3 is 0 Å². The molecule has 0 amide bonds. The first kappa shape index (κ1) is 15.3. The van der Waals surface area contributed by atoms with Gasteiger partial charge in [0.15, 0.2) is 0 Å². The Bertz CT molecular complexity index is 255. The molecule has 1 N–H and O–H groups in total. The molecule has 2 unspecified atom stereocenters. The molecule has 0 aromatic carbocycles. The van der Waals surface area contributed by atoms with Gasteiger partial charge in [0.2, 0.25) is 0 Å². The number of ether oxygens (including phenoxy) is 2. The summed E-state index contributed by atoms with van der Waals surface area (Å²) in [4.78, 5) is 0. The Morgan fingerprint density at radius 1 is 1.32 bits per heavy atom. The average molecular weight is 269 g/mol. The van der Waals surface area contributed by atoms with Crippen LogP contribution in [0.3, 0.4) is 0 Å². The Morgan fingerprint density at radius 3 is 2.58 bits per heavy atom. The van der Waals surface area contributed by atoms with E-state index < -0.39 is 0 Å². The molecule has 0 aromatic rings. The SMILES string of the molecule is CNC(CCC1CCCO1)C1(OC)CCC(C)CC1. The summed E-state index contributed by atoms with van der Waals surface area (Å²) in [5.41, 5.74) is 0.0554. The van der Waals surface area contributed by atoms with Crippen LogP contribution in [0.25, 0.3) is 0 Å². The van der Waals surface area contributed by atoms with E-state index in [0.29, 0.717) is 12.1 Å². The lowest BCUT2D eigenvalue weighted by atomic mass is 9.74. The van der Waals surface area contributed by atoms with Crippen LogP contribution in [-0.4, -0.2) is 38.5 Å². The zero-order valence-corrected chi connectivity index (χ0v) is 12.9. The Labute approximate surface area is 118 Å². The second-order valence-electron chi connectivity index (χ2n) is 6.51. The van der Waals surface area contributed by atoms with Gasteiger partial charge in [0, 0.05) is 19.8 Å². The van der Waals surface area contributed by atoms with Crippen molar-refractivity contribution in [2.75, 3.05) is 20.8 Å². The van der Waals surface area contributed by atoms with Gasteiger partial charge in [-0.05, 0) is 64.3 Å². The van der Waals surface area contributed by atoms with Crippen LogP contribution < -0.4 is 5.32 Å². The molecule has 0 aromatic heterocycles. The maximum atomic E-state index is 5.99. The molecule has 1 saturated heterocycles. The van der Waals surface area contributed by atoms with Crippen molar-refractivity contribution in [2.24, 2.45) is 5.92 Å². The van der Waals surface area contributed by atoms with Gasteiger partial charge in [0.1, 0.15) is 0 Å². The number of hydrogen-bond acceptors (Lipinski definition) is 3. The van der Waals surface area contributed by atoms with Crippen molar-refractivity contribution in [3.63, 3.8) is 0 Å². The van der Waals surface area contributed by atoms with Gasteiger partial charge in [-0.25, -0.2) is 0 Å². The molecule has 0 bridgehead atoms. The number of likely N-dealkylation sites (N-methyl/N-ethyl adjacent to an activating group) is 1. The van der Waals surface area contributed by atoms with E-state index in [2.05, 4.69) is 19.3 Å². The molecule has 2 aliphatic rings. The number of methoxy groups -OCH3 is 1.